The highest BCUT2D eigenvalue weighted by Gasteiger charge is 2.60. The van der Waals surface area contributed by atoms with E-state index in [-0.39, 0.29) is 6.40 Å². The Bertz CT molecular complexity index is 577. The van der Waals surface area contributed by atoms with Crippen LogP contribution in [0.15, 0.2) is 0 Å². The Morgan fingerprint density at radius 2 is 1.85 bits per heavy atom. The number of fused-ring (bicyclic) bond motifs is 5. The van der Waals surface area contributed by atoms with Crippen LogP contribution >= 0.6 is 0 Å². The molecule has 4 saturated carbocycles. The maximum atomic E-state index is 11.1. The highest BCUT2D eigenvalue weighted by atomic mass is 16.4. The van der Waals surface area contributed by atoms with Crippen molar-refractivity contribution in [1.82, 2.24) is 0 Å². The monoisotopic (exact) mass is 361 g/mol. The summed E-state index contributed by atoms with van der Waals surface area (Å²) in [5, 5.41) is 9.10. The predicted molar refractivity (Wildman–Crippen MR) is 106 cm³/mol. The standard InChI is InChI=1S/C24H40O2/c1-16(7-12-22(25)26)19-10-11-20-18-9-8-17-6-4-5-14-23(17,2)21(18)13-15-24(19,20)3/h16-21H,4-15H2,1-3H3,(H,25,26)/t16-,17?,18+,19-,20+,21+,23+,24-/m1/s1/i9D/t9?,16-,17?,18+,19-,20+,21+,23+,24-. The number of carboxylic acids is 1. The highest BCUT2D eigenvalue weighted by Crippen LogP contribution is 2.68. The van der Waals surface area contributed by atoms with E-state index in [4.69, 9.17) is 6.48 Å². The summed E-state index contributed by atoms with van der Waals surface area (Å²) in [5.74, 6) is 3.37. The molecule has 0 amide bonds. The molecule has 0 aliphatic heterocycles. The van der Waals surface area contributed by atoms with E-state index in [9.17, 15) is 4.79 Å². The molecule has 0 radical (unpaired) electrons. The lowest BCUT2D eigenvalue weighted by Gasteiger charge is -2.61. The molecule has 26 heavy (non-hydrogen) atoms. The topological polar surface area (TPSA) is 37.3 Å². The Kier molecular flexibility index (Phi) is 4.60. The van der Waals surface area contributed by atoms with Crippen molar-refractivity contribution in [3.63, 3.8) is 0 Å². The molecule has 9 atom stereocenters. The van der Waals surface area contributed by atoms with Gasteiger partial charge in [0.05, 0.1) is 0 Å². The van der Waals surface area contributed by atoms with Crippen molar-refractivity contribution in [2.45, 2.75) is 97.8 Å². The predicted octanol–water partition coefficient (Wildman–Crippen LogP) is 6.54. The van der Waals surface area contributed by atoms with Crippen molar-refractivity contribution in [2.24, 2.45) is 46.3 Å². The zero-order valence-electron chi connectivity index (χ0n) is 18.2. The summed E-state index contributed by atoms with van der Waals surface area (Å²) < 4.78 is 9.08. The largest absolute Gasteiger partial charge is 0.481 e. The minimum Gasteiger partial charge on any atom is -0.481 e. The minimum atomic E-state index is -0.653. The Balaban J connectivity index is 1.56. The van der Waals surface area contributed by atoms with E-state index in [1.807, 2.05) is 0 Å². The summed E-state index contributed by atoms with van der Waals surface area (Å²) in [5.41, 5.74) is 0.838. The number of carboxylic acid groups (broad SMARTS) is 1. The fourth-order valence-electron chi connectivity index (χ4n) is 8.45. The molecule has 0 bridgehead atoms. The molecule has 0 saturated heterocycles. The summed E-state index contributed by atoms with van der Waals surface area (Å²) in [4.78, 5) is 11.1. The van der Waals surface area contributed by atoms with E-state index in [2.05, 4.69) is 20.8 Å². The maximum Gasteiger partial charge on any atom is 0.303 e. The van der Waals surface area contributed by atoms with Crippen molar-refractivity contribution >= 4 is 5.97 Å². The fraction of sp³-hybridized carbons (Fsp3) is 0.958. The molecule has 4 aliphatic carbocycles. The lowest BCUT2D eigenvalue weighted by Crippen LogP contribution is -2.53. The Morgan fingerprint density at radius 1 is 1.08 bits per heavy atom. The quantitative estimate of drug-likeness (QED) is 0.617. The van der Waals surface area contributed by atoms with Crippen LogP contribution < -0.4 is 0 Å². The van der Waals surface area contributed by atoms with Gasteiger partial charge in [0, 0.05) is 7.79 Å². The first-order chi connectivity index (χ1) is 12.8. The second-order valence-corrected chi connectivity index (χ2v) is 10.8. The van der Waals surface area contributed by atoms with Gasteiger partial charge in [-0.1, -0.05) is 33.6 Å². The number of aliphatic carboxylic acids is 1. The van der Waals surface area contributed by atoms with Gasteiger partial charge >= 0.3 is 5.97 Å². The number of hydrogen-bond acceptors (Lipinski definition) is 1. The summed E-state index contributed by atoms with van der Waals surface area (Å²) >= 11 is 0. The summed E-state index contributed by atoms with van der Waals surface area (Å²) in [7, 11) is 0. The van der Waals surface area contributed by atoms with Crippen LogP contribution in [0, 0.1) is 46.3 Å². The van der Waals surface area contributed by atoms with Crippen molar-refractivity contribution in [2.75, 3.05) is 0 Å². The normalized spacial score (nSPS) is 52.3. The van der Waals surface area contributed by atoms with Gasteiger partial charge in [-0.05, 0) is 104 Å². The molecule has 1 N–H and O–H groups in total. The number of rotatable bonds is 4. The van der Waals surface area contributed by atoms with Gasteiger partial charge in [-0.3, -0.25) is 4.79 Å². The molecule has 148 valence electrons. The van der Waals surface area contributed by atoms with Gasteiger partial charge < -0.3 is 5.11 Å². The van der Waals surface area contributed by atoms with E-state index >= 15 is 0 Å². The van der Waals surface area contributed by atoms with Crippen molar-refractivity contribution < 1.29 is 11.3 Å². The van der Waals surface area contributed by atoms with Gasteiger partial charge in [0.1, 0.15) is 0 Å². The molecule has 0 spiro atoms. The molecule has 2 nitrogen and oxygen atoms in total. The molecule has 0 aromatic carbocycles. The maximum absolute atomic E-state index is 11.1. The van der Waals surface area contributed by atoms with Crippen LogP contribution in [0.1, 0.15) is 99.2 Å². The van der Waals surface area contributed by atoms with E-state index in [0.29, 0.717) is 40.9 Å². The SMILES string of the molecule is [2H]C1CC2CCCC[C@]2(C)[C@H]2CC[C@]3(C)[C@@H]([C@H](C)CCC(=O)O)CC[C@H]3[C@H]12. The van der Waals surface area contributed by atoms with Crippen molar-refractivity contribution in [3.8, 4) is 0 Å². The molecule has 4 aliphatic rings. The van der Waals surface area contributed by atoms with Crippen LogP contribution in [0.3, 0.4) is 0 Å². The van der Waals surface area contributed by atoms with Crippen LogP contribution in [-0.2, 0) is 4.79 Å². The second-order valence-electron chi connectivity index (χ2n) is 10.8. The van der Waals surface area contributed by atoms with Gasteiger partial charge in [0.2, 0.25) is 0 Å². The first-order valence-electron chi connectivity index (χ1n) is 12.0. The van der Waals surface area contributed by atoms with E-state index in [1.54, 1.807) is 0 Å². The fourth-order valence-corrected chi connectivity index (χ4v) is 8.45. The molecule has 4 rings (SSSR count). The number of hydrogen-bond donors (Lipinski definition) is 1. The van der Waals surface area contributed by atoms with Crippen LogP contribution in [0.25, 0.3) is 0 Å². The Labute approximate surface area is 161 Å². The highest BCUT2D eigenvalue weighted by molar-refractivity contribution is 5.66. The Morgan fingerprint density at radius 3 is 2.62 bits per heavy atom. The molecule has 0 aromatic heterocycles. The molecule has 2 unspecified atom stereocenters. The lowest BCUT2D eigenvalue weighted by atomic mass is 9.44. The van der Waals surface area contributed by atoms with E-state index < -0.39 is 5.97 Å². The third kappa shape index (κ3) is 2.85. The summed E-state index contributed by atoms with van der Waals surface area (Å²) in [6, 6.07) is 0. The van der Waals surface area contributed by atoms with Gasteiger partial charge in [-0.15, -0.1) is 0 Å². The van der Waals surface area contributed by atoms with Crippen molar-refractivity contribution in [1.29, 1.82) is 0 Å². The van der Waals surface area contributed by atoms with Crippen LogP contribution in [0.2, 0.25) is 0 Å². The zero-order valence-corrected chi connectivity index (χ0v) is 17.2. The van der Waals surface area contributed by atoms with E-state index in [1.165, 1.54) is 51.4 Å². The summed E-state index contributed by atoms with van der Waals surface area (Å²) in [6.07, 6.45) is 13.1. The summed E-state index contributed by atoms with van der Waals surface area (Å²) in [6.45, 7) is 7.40. The molecule has 0 heterocycles. The molecule has 2 heteroatoms. The molecule has 0 aromatic rings. The van der Waals surface area contributed by atoms with E-state index in [0.717, 1.165) is 24.7 Å². The molecular weight excluding hydrogens is 320 g/mol. The second kappa shape index (κ2) is 6.82. The first kappa shape index (κ1) is 17.6. The lowest BCUT2D eigenvalue weighted by molar-refractivity contribution is -0.137. The smallest absolute Gasteiger partial charge is 0.303 e. The van der Waals surface area contributed by atoms with Gasteiger partial charge in [-0.25, -0.2) is 0 Å². The third-order valence-electron chi connectivity index (χ3n) is 9.90. The van der Waals surface area contributed by atoms with Gasteiger partial charge in [-0.2, -0.15) is 0 Å². The average molecular weight is 362 g/mol. The van der Waals surface area contributed by atoms with Crippen LogP contribution in [0.5, 0.6) is 0 Å². The first-order valence-corrected chi connectivity index (χ1v) is 11.4. The van der Waals surface area contributed by atoms with Gasteiger partial charge in [0.15, 0.2) is 0 Å². The van der Waals surface area contributed by atoms with Crippen LogP contribution in [0.4, 0.5) is 0 Å². The van der Waals surface area contributed by atoms with Crippen LogP contribution in [-0.4, -0.2) is 11.1 Å². The number of carbonyl (C=O) groups is 1. The Hall–Kier alpha value is -0.530. The van der Waals surface area contributed by atoms with Gasteiger partial charge in [0.25, 0.3) is 0 Å². The molecular formula is C24H40O2. The average Bonchev–Trinajstić information content (AvgIpc) is 2.97. The molecule has 4 fully saturated rings. The minimum absolute atomic E-state index is 0.142. The third-order valence-corrected chi connectivity index (χ3v) is 9.90. The zero-order chi connectivity index (χ0) is 19.4. The van der Waals surface area contributed by atoms with Crippen molar-refractivity contribution in [3.05, 3.63) is 0 Å².